The monoisotopic (exact) mass is 317 g/mol. The van der Waals surface area contributed by atoms with Crippen LogP contribution in [0.2, 0.25) is 0 Å². The summed E-state index contributed by atoms with van der Waals surface area (Å²) in [6.45, 7) is 2.69. The lowest BCUT2D eigenvalue weighted by molar-refractivity contribution is 0.121. The summed E-state index contributed by atoms with van der Waals surface area (Å²) in [6, 6.07) is 4.05. The Labute approximate surface area is 99.5 Å². The summed E-state index contributed by atoms with van der Waals surface area (Å²) in [6.07, 6.45) is 2.03. The highest BCUT2D eigenvalue weighted by Gasteiger charge is 2.14. The van der Waals surface area contributed by atoms with Crippen LogP contribution in [0.15, 0.2) is 27.2 Å². The molecule has 14 heavy (non-hydrogen) atoms. The Morgan fingerprint density at radius 1 is 1.29 bits per heavy atom. The van der Waals surface area contributed by atoms with E-state index in [1.54, 1.807) is 0 Å². The van der Waals surface area contributed by atoms with Crippen molar-refractivity contribution >= 4 is 37.6 Å². The number of halogens is 2. The van der Waals surface area contributed by atoms with Gasteiger partial charge in [0.1, 0.15) is 0 Å². The molecule has 1 aliphatic heterocycles. The molecule has 1 aliphatic rings. The molecule has 2 nitrogen and oxygen atoms in total. The normalized spacial score (nSPS) is 15.2. The number of nitrogens with one attached hydrogen (secondary N) is 1. The second-order valence-corrected chi connectivity index (χ2v) is 4.77. The summed E-state index contributed by atoms with van der Waals surface area (Å²) in [5.41, 5.74) is 6.26. The third kappa shape index (κ3) is 1.74. The second kappa shape index (κ2) is 4.04. The molecule has 1 aromatic carbocycles. The van der Waals surface area contributed by atoms with E-state index in [1.807, 2.05) is 18.2 Å². The van der Waals surface area contributed by atoms with Crippen LogP contribution in [0.5, 0.6) is 0 Å². The lowest BCUT2D eigenvalue weighted by Crippen LogP contribution is -2.06. The van der Waals surface area contributed by atoms with Gasteiger partial charge >= 0.3 is 0 Å². The molecule has 0 amide bonds. The molecule has 0 spiro atoms. The number of hydrogen-bond donors (Lipinski definition) is 1. The van der Waals surface area contributed by atoms with E-state index in [-0.39, 0.29) is 0 Å². The molecule has 1 N–H and O–H groups in total. The number of benzene rings is 1. The van der Waals surface area contributed by atoms with Crippen molar-refractivity contribution in [2.24, 2.45) is 0 Å². The second-order valence-electron chi connectivity index (χ2n) is 3.06. The minimum absolute atomic E-state index is 0.619. The van der Waals surface area contributed by atoms with Gasteiger partial charge in [-0.05, 0) is 30.7 Å². The Kier molecular flexibility index (Phi) is 2.95. The first-order chi connectivity index (χ1) is 6.70. The van der Waals surface area contributed by atoms with Gasteiger partial charge in [-0.25, -0.2) is 0 Å². The van der Waals surface area contributed by atoms with Crippen LogP contribution in [0.3, 0.4) is 0 Å². The van der Waals surface area contributed by atoms with Gasteiger partial charge in [-0.2, -0.15) is 0 Å². The average molecular weight is 319 g/mol. The third-order valence-electron chi connectivity index (χ3n) is 2.17. The molecule has 0 aromatic heterocycles. The van der Waals surface area contributed by atoms with Gasteiger partial charge in [0.2, 0.25) is 0 Å². The van der Waals surface area contributed by atoms with E-state index >= 15 is 0 Å². The van der Waals surface area contributed by atoms with Crippen molar-refractivity contribution in [2.45, 2.75) is 6.92 Å². The molecular weight excluding hydrogens is 310 g/mol. The van der Waals surface area contributed by atoms with Gasteiger partial charge in [-0.1, -0.05) is 31.9 Å². The molecule has 0 fully saturated rings. The smallest absolute Gasteiger partial charge is 0.0951 e. The Balaban J connectivity index is 2.55. The van der Waals surface area contributed by atoms with Crippen LogP contribution in [0.1, 0.15) is 11.1 Å². The van der Waals surface area contributed by atoms with Gasteiger partial charge in [0, 0.05) is 14.5 Å². The standard InChI is InChI=1S/C10H9Br2NO/c1-6-7(11)2-3-8(12)10(6)9-4-5-14-13-9/h2-4,13H,5H2,1H3. The highest BCUT2D eigenvalue weighted by Crippen LogP contribution is 2.32. The molecular formula is C10H9Br2NO. The Morgan fingerprint density at radius 3 is 2.64 bits per heavy atom. The SMILES string of the molecule is Cc1c(Br)ccc(Br)c1C1=CCON1. The van der Waals surface area contributed by atoms with Crippen LogP contribution in [0.25, 0.3) is 5.70 Å². The van der Waals surface area contributed by atoms with Gasteiger partial charge in [0.05, 0.1) is 12.3 Å². The summed E-state index contributed by atoms with van der Waals surface area (Å²) in [4.78, 5) is 5.08. The Morgan fingerprint density at radius 2 is 2.00 bits per heavy atom. The molecule has 74 valence electrons. The lowest BCUT2D eigenvalue weighted by atomic mass is 10.1. The van der Waals surface area contributed by atoms with Crippen LogP contribution >= 0.6 is 31.9 Å². The van der Waals surface area contributed by atoms with E-state index in [2.05, 4.69) is 44.3 Å². The third-order valence-corrected chi connectivity index (χ3v) is 3.69. The molecule has 1 aromatic rings. The quantitative estimate of drug-likeness (QED) is 0.857. The molecule has 0 saturated heterocycles. The molecule has 0 unspecified atom stereocenters. The maximum Gasteiger partial charge on any atom is 0.0951 e. The fourth-order valence-electron chi connectivity index (χ4n) is 1.42. The fourth-order valence-corrected chi connectivity index (χ4v) is 2.40. The highest BCUT2D eigenvalue weighted by molar-refractivity contribution is 9.11. The average Bonchev–Trinajstić information content (AvgIpc) is 2.65. The van der Waals surface area contributed by atoms with E-state index < -0.39 is 0 Å². The largest absolute Gasteiger partial charge is 0.272 e. The first kappa shape index (κ1) is 10.2. The first-order valence-corrected chi connectivity index (χ1v) is 5.81. The molecule has 2 rings (SSSR count). The van der Waals surface area contributed by atoms with Gasteiger partial charge < -0.3 is 0 Å². The van der Waals surface area contributed by atoms with E-state index in [0.29, 0.717) is 6.61 Å². The molecule has 1 heterocycles. The Bertz CT molecular complexity index is 401. The zero-order chi connectivity index (χ0) is 10.1. The summed E-state index contributed by atoms with van der Waals surface area (Å²) in [5.74, 6) is 0. The van der Waals surface area contributed by atoms with Crippen molar-refractivity contribution in [2.75, 3.05) is 6.61 Å². The predicted molar refractivity (Wildman–Crippen MR) is 63.6 cm³/mol. The predicted octanol–water partition coefficient (Wildman–Crippen LogP) is 3.40. The van der Waals surface area contributed by atoms with E-state index in [0.717, 1.165) is 20.2 Å². The van der Waals surface area contributed by atoms with E-state index in [1.165, 1.54) is 5.56 Å². The maximum absolute atomic E-state index is 5.08. The van der Waals surface area contributed by atoms with Crippen molar-refractivity contribution in [3.8, 4) is 0 Å². The minimum Gasteiger partial charge on any atom is -0.272 e. The van der Waals surface area contributed by atoms with Crippen molar-refractivity contribution < 1.29 is 4.84 Å². The topological polar surface area (TPSA) is 21.3 Å². The van der Waals surface area contributed by atoms with Crippen LogP contribution < -0.4 is 5.48 Å². The van der Waals surface area contributed by atoms with Gasteiger partial charge in [-0.3, -0.25) is 10.3 Å². The van der Waals surface area contributed by atoms with Gasteiger partial charge in [-0.15, -0.1) is 0 Å². The van der Waals surface area contributed by atoms with Gasteiger partial charge in [0.15, 0.2) is 0 Å². The van der Waals surface area contributed by atoms with Crippen molar-refractivity contribution in [1.29, 1.82) is 0 Å². The van der Waals surface area contributed by atoms with E-state index in [4.69, 9.17) is 4.84 Å². The van der Waals surface area contributed by atoms with Crippen molar-refractivity contribution in [1.82, 2.24) is 5.48 Å². The molecule has 4 heteroatoms. The number of hydrogen-bond acceptors (Lipinski definition) is 2. The maximum atomic E-state index is 5.08. The fraction of sp³-hybridized carbons (Fsp3) is 0.200. The van der Waals surface area contributed by atoms with Crippen LogP contribution in [-0.4, -0.2) is 6.61 Å². The minimum atomic E-state index is 0.619. The first-order valence-electron chi connectivity index (χ1n) is 4.23. The van der Waals surface area contributed by atoms with Crippen molar-refractivity contribution in [3.05, 3.63) is 38.3 Å². The van der Waals surface area contributed by atoms with Crippen molar-refractivity contribution in [3.63, 3.8) is 0 Å². The molecule has 0 bridgehead atoms. The Hall–Kier alpha value is -0.320. The zero-order valence-corrected chi connectivity index (χ0v) is 10.8. The highest BCUT2D eigenvalue weighted by atomic mass is 79.9. The summed E-state index contributed by atoms with van der Waals surface area (Å²) >= 11 is 7.04. The summed E-state index contributed by atoms with van der Waals surface area (Å²) in [5, 5.41) is 0. The zero-order valence-electron chi connectivity index (χ0n) is 7.60. The number of hydroxylamine groups is 1. The van der Waals surface area contributed by atoms with Crippen LogP contribution in [0.4, 0.5) is 0 Å². The lowest BCUT2D eigenvalue weighted by Gasteiger charge is -2.11. The van der Waals surface area contributed by atoms with Crippen LogP contribution in [0, 0.1) is 6.92 Å². The molecule has 0 radical (unpaired) electrons. The molecule has 0 aliphatic carbocycles. The van der Waals surface area contributed by atoms with E-state index in [9.17, 15) is 0 Å². The number of rotatable bonds is 1. The van der Waals surface area contributed by atoms with Crippen LogP contribution in [-0.2, 0) is 4.84 Å². The van der Waals surface area contributed by atoms with Gasteiger partial charge in [0.25, 0.3) is 0 Å². The summed E-state index contributed by atoms with van der Waals surface area (Å²) in [7, 11) is 0. The molecule has 0 atom stereocenters. The summed E-state index contributed by atoms with van der Waals surface area (Å²) < 4.78 is 2.17. The molecule has 0 saturated carbocycles.